The molecule has 0 atom stereocenters. The predicted octanol–water partition coefficient (Wildman–Crippen LogP) is 2.79. The molecule has 1 N–H and O–H groups in total. The van der Waals surface area contributed by atoms with Gasteiger partial charge in [0, 0.05) is 43.4 Å². The third kappa shape index (κ3) is 5.75. The quantitative estimate of drug-likeness (QED) is 0.392. The first-order valence-corrected chi connectivity index (χ1v) is 12.2. The smallest absolute Gasteiger partial charge is 0.240 e. The zero-order chi connectivity index (χ0) is 25.6. The molecule has 0 spiro atoms. The Hall–Kier alpha value is -4.31. The number of anilines is 2. The van der Waals surface area contributed by atoms with E-state index in [-0.39, 0.29) is 18.4 Å². The summed E-state index contributed by atoms with van der Waals surface area (Å²) in [5, 5.41) is 14.2. The lowest BCUT2D eigenvalue weighted by atomic mass is 10.0. The molecule has 10 heteroatoms. The Bertz CT molecular complexity index is 1350. The largest absolute Gasteiger partial charge is 0.481 e. The summed E-state index contributed by atoms with van der Waals surface area (Å²) in [5.41, 5.74) is 2.18. The monoisotopic (exact) mass is 499 g/mol. The normalized spacial score (nSPS) is 13.9. The summed E-state index contributed by atoms with van der Waals surface area (Å²) in [6.07, 6.45) is 0.737. The Morgan fingerprint density at radius 1 is 0.865 bits per heavy atom. The van der Waals surface area contributed by atoms with Gasteiger partial charge in [0.2, 0.25) is 23.6 Å². The molecule has 1 fully saturated rings. The van der Waals surface area contributed by atoms with Gasteiger partial charge in [-0.05, 0) is 5.56 Å². The minimum absolute atomic E-state index is 0.150. The molecule has 1 amide bonds. The molecular formula is C27H29N7O3. The molecule has 1 aliphatic rings. The van der Waals surface area contributed by atoms with Crippen LogP contribution in [0.3, 0.4) is 0 Å². The zero-order valence-electron chi connectivity index (χ0n) is 20.9. The van der Waals surface area contributed by atoms with Crippen molar-refractivity contribution in [1.29, 1.82) is 0 Å². The number of fused-ring (bicyclic) bond motifs is 1. The topological polar surface area (TPSA) is 106 Å². The van der Waals surface area contributed by atoms with Gasteiger partial charge < -0.3 is 14.4 Å². The number of aromatic nitrogens is 4. The van der Waals surface area contributed by atoms with E-state index in [1.165, 1.54) is 19.8 Å². The van der Waals surface area contributed by atoms with Crippen LogP contribution in [0.4, 0.5) is 11.8 Å². The van der Waals surface area contributed by atoms with Crippen molar-refractivity contribution in [3.8, 4) is 11.8 Å². The van der Waals surface area contributed by atoms with E-state index in [0.29, 0.717) is 11.8 Å². The predicted molar refractivity (Wildman–Crippen MR) is 141 cm³/mol. The maximum atomic E-state index is 12.6. The summed E-state index contributed by atoms with van der Waals surface area (Å²) >= 11 is 0. The van der Waals surface area contributed by atoms with Gasteiger partial charge in [-0.1, -0.05) is 54.6 Å². The van der Waals surface area contributed by atoms with Gasteiger partial charge >= 0.3 is 0 Å². The number of nitrogens with one attached hydrogen (secondary N) is 1. The van der Waals surface area contributed by atoms with E-state index in [0.717, 1.165) is 54.9 Å². The Kier molecular flexibility index (Phi) is 7.36. The van der Waals surface area contributed by atoms with Crippen LogP contribution in [0.2, 0.25) is 0 Å². The van der Waals surface area contributed by atoms with E-state index in [4.69, 9.17) is 9.47 Å². The average molecular weight is 500 g/mol. The van der Waals surface area contributed by atoms with Gasteiger partial charge in [-0.3, -0.25) is 15.0 Å². The Morgan fingerprint density at radius 3 is 2.19 bits per heavy atom. The van der Waals surface area contributed by atoms with Gasteiger partial charge in [0.15, 0.2) is 5.82 Å². The molecule has 1 aliphatic heterocycles. The average Bonchev–Trinajstić information content (AvgIpc) is 2.94. The molecule has 0 unspecified atom stereocenters. The highest BCUT2D eigenvalue weighted by molar-refractivity contribution is 5.94. The maximum Gasteiger partial charge on any atom is 0.240 e. The fourth-order valence-corrected chi connectivity index (χ4v) is 4.45. The number of benzene rings is 2. The van der Waals surface area contributed by atoms with E-state index in [1.54, 1.807) is 6.07 Å². The standard InChI is InChI=1S/C27H29N7O3/c1-36-24-17-25(37-2)30-27(29-24)28-23(35)18-33-12-14-34(15-13-33)26-21-11-7-6-10-20(21)22(31-32-26)16-19-8-4-3-5-9-19/h3-11,17H,12-16,18H2,1-2H3,(H,28,29,30,35). The molecule has 0 saturated carbocycles. The summed E-state index contributed by atoms with van der Waals surface area (Å²) in [4.78, 5) is 25.3. The van der Waals surface area contributed by atoms with Crippen LogP contribution in [0.5, 0.6) is 11.8 Å². The lowest BCUT2D eigenvalue weighted by Gasteiger charge is -2.35. The van der Waals surface area contributed by atoms with Gasteiger partial charge in [0.1, 0.15) is 0 Å². The number of piperazine rings is 1. The third-order valence-corrected chi connectivity index (χ3v) is 6.35. The van der Waals surface area contributed by atoms with Crippen molar-refractivity contribution in [2.75, 3.05) is 57.2 Å². The number of nitrogens with zero attached hydrogens (tertiary/aromatic N) is 6. The molecule has 0 aliphatic carbocycles. The van der Waals surface area contributed by atoms with Crippen LogP contribution in [-0.4, -0.2) is 77.9 Å². The van der Waals surface area contributed by atoms with Crippen LogP contribution >= 0.6 is 0 Å². The number of hydrogen-bond acceptors (Lipinski definition) is 9. The SMILES string of the molecule is COc1cc(OC)nc(NC(=O)CN2CCN(c3nnc(Cc4ccccc4)c4ccccc34)CC2)n1. The summed E-state index contributed by atoms with van der Waals surface area (Å²) < 4.78 is 10.3. The second kappa shape index (κ2) is 11.2. The Labute approximate surface area is 215 Å². The minimum Gasteiger partial charge on any atom is -0.481 e. The van der Waals surface area contributed by atoms with E-state index >= 15 is 0 Å². The van der Waals surface area contributed by atoms with Crippen molar-refractivity contribution in [2.24, 2.45) is 0 Å². The van der Waals surface area contributed by atoms with E-state index in [2.05, 4.69) is 59.5 Å². The first kappa shape index (κ1) is 24.4. The van der Waals surface area contributed by atoms with Crippen LogP contribution in [-0.2, 0) is 11.2 Å². The molecule has 5 rings (SSSR count). The highest BCUT2D eigenvalue weighted by Gasteiger charge is 2.23. The Morgan fingerprint density at radius 2 is 1.51 bits per heavy atom. The van der Waals surface area contributed by atoms with Crippen molar-refractivity contribution < 1.29 is 14.3 Å². The number of hydrogen-bond donors (Lipinski definition) is 1. The first-order valence-electron chi connectivity index (χ1n) is 12.2. The third-order valence-electron chi connectivity index (χ3n) is 6.35. The highest BCUT2D eigenvalue weighted by atomic mass is 16.5. The number of rotatable bonds is 8. The number of ether oxygens (including phenoxy) is 2. The van der Waals surface area contributed by atoms with Gasteiger partial charge in [-0.15, -0.1) is 5.10 Å². The molecule has 0 bridgehead atoms. The van der Waals surface area contributed by atoms with E-state index < -0.39 is 0 Å². The summed E-state index contributed by atoms with van der Waals surface area (Å²) in [5.74, 6) is 1.47. The van der Waals surface area contributed by atoms with Crippen molar-refractivity contribution in [1.82, 2.24) is 25.1 Å². The summed E-state index contributed by atoms with van der Waals surface area (Å²) in [6, 6.07) is 20.2. The Balaban J connectivity index is 1.23. The molecular weight excluding hydrogens is 470 g/mol. The molecule has 37 heavy (non-hydrogen) atoms. The second-order valence-corrected chi connectivity index (χ2v) is 8.77. The van der Waals surface area contributed by atoms with Crippen molar-refractivity contribution in [3.63, 3.8) is 0 Å². The zero-order valence-corrected chi connectivity index (χ0v) is 20.9. The van der Waals surface area contributed by atoms with E-state index in [1.807, 2.05) is 30.3 Å². The fraction of sp³-hybridized carbons (Fsp3) is 0.296. The van der Waals surface area contributed by atoms with Crippen LogP contribution < -0.4 is 19.7 Å². The molecule has 0 radical (unpaired) electrons. The second-order valence-electron chi connectivity index (χ2n) is 8.77. The summed E-state index contributed by atoms with van der Waals surface area (Å²) in [6.45, 7) is 3.16. The number of methoxy groups -OCH3 is 2. The van der Waals surface area contributed by atoms with Crippen LogP contribution in [0, 0.1) is 0 Å². The number of amides is 1. The maximum absolute atomic E-state index is 12.6. The highest BCUT2D eigenvalue weighted by Crippen LogP contribution is 2.28. The van der Waals surface area contributed by atoms with Gasteiger partial charge in [-0.25, -0.2) is 0 Å². The first-order chi connectivity index (χ1) is 18.1. The fourth-order valence-electron chi connectivity index (χ4n) is 4.45. The number of carbonyl (C=O) groups excluding carboxylic acids is 1. The molecule has 2 aromatic heterocycles. The van der Waals surface area contributed by atoms with Crippen molar-refractivity contribution in [3.05, 3.63) is 71.9 Å². The van der Waals surface area contributed by atoms with E-state index in [9.17, 15) is 4.79 Å². The van der Waals surface area contributed by atoms with Crippen molar-refractivity contribution in [2.45, 2.75) is 6.42 Å². The molecule has 190 valence electrons. The minimum atomic E-state index is -0.195. The van der Waals surface area contributed by atoms with Gasteiger partial charge in [-0.2, -0.15) is 15.1 Å². The van der Waals surface area contributed by atoms with Crippen LogP contribution in [0.1, 0.15) is 11.3 Å². The molecule has 1 saturated heterocycles. The molecule has 4 aromatic rings. The summed E-state index contributed by atoms with van der Waals surface area (Å²) in [7, 11) is 2.99. The molecule has 3 heterocycles. The van der Waals surface area contributed by atoms with Crippen molar-refractivity contribution >= 4 is 28.4 Å². The lowest BCUT2D eigenvalue weighted by Crippen LogP contribution is -2.49. The molecule has 2 aromatic carbocycles. The van der Waals surface area contributed by atoms with Gasteiger partial charge in [0.05, 0.1) is 32.5 Å². The number of carbonyl (C=O) groups is 1. The molecule has 10 nitrogen and oxygen atoms in total. The van der Waals surface area contributed by atoms with Crippen LogP contribution in [0.15, 0.2) is 60.7 Å². The van der Waals surface area contributed by atoms with Crippen LogP contribution in [0.25, 0.3) is 10.8 Å². The van der Waals surface area contributed by atoms with Gasteiger partial charge in [0.25, 0.3) is 0 Å². The lowest BCUT2D eigenvalue weighted by molar-refractivity contribution is -0.117.